The van der Waals surface area contributed by atoms with Gasteiger partial charge < -0.3 is 4.90 Å². The highest BCUT2D eigenvalue weighted by molar-refractivity contribution is 5.95. The first-order valence-electron chi connectivity index (χ1n) is 7.18. The zero-order chi connectivity index (χ0) is 13.9. The standard InChI is InChI=1S/C18H19NO/c1-14-6-4-7-15(12-14)13-18(20)19-11-5-9-16-8-2-3-10-17(16)19/h2-4,6-8,10,12H,5,9,11,13H2,1H3. The molecule has 1 aliphatic heterocycles. The van der Waals surface area contributed by atoms with Crippen molar-refractivity contribution < 1.29 is 4.79 Å². The first-order valence-corrected chi connectivity index (χ1v) is 7.18. The number of carbonyl (C=O) groups is 1. The lowest BCUT2D eigenvalue weighted by molar-refractivity contribution is -0.118. The molecule has 1 amide bonds. The highest BCUT2D eigenvalue weighted by Crippen LogP contribution is 2.27. The number of anilines is 1. The molecule has 102 valence electrons. The van der Waals surface area contributed by atoms with Crippen LogP contribution in [-0.4, -0.2) is 12.5 Å². The van der Waals surface area contributed by atoms with Gasteiger partial charge >= 0.3 is 0 Å². The van der Waals surface area contributed by atoms with Crippen molar-refractivity contribution in [1.82, 2.24) is 0 Å². The average Bonchev–Trinajstić information content (AvgIpc) is 2.46. The lowest BCUT2D eigenvalue weighted by atomic mass is 10.0. The molecule has 0 aliphatic carbocycles. The van der Waals surface area contributed by atoms with Crippen LogP contribution in [0.3, 0.4) is 0 Å². The third kappa shape index (κ3) is 2.60. The molecule has 0 saturated carbocycles. The minimum Gasteiger partial charge on any atom is -0.312 e. The van der Waals surface area contributed by atoms with Crippen molar-refractivity contribution in [2.75, 3.05) is 11.4 Å². The van der Waals surface area contributed by atoms with Gasteiger partial charge in [-0.15, -0.1) is 0 Å². The molecular formula is C18H19NO. The number of carbonyl (C=O) groups excluding carboxylic acids is 1. The number of rotatable bonds is 2. The van der Waals surface area contributed by atoms with E-state index in [1.165, 1.54) is 11.1 Å². The summed E-state index contributed by atoms with van der Waals surface area (Å²) in [7, 11) is 0. The largest absolute Gasteiger partial charge is 0.312 e. The van der Waals surface area contributed by atoms with Crippen LogP contribution in [-0.2, 0) is 17.6 Å². The van der Waals surface area contributed by atoms with Crippen molar-refractivity contribution in [3.8, 4) is 0 Å². The number of benzene rings is 2. The minimum atomic E-state index is 0.197. The van der Waals surface area contributed by atoms with E-state index in [0.717, 1.165) is 30.6 Å². The molecule has 3 rings (SSSR count). The van der Waals surface area contributed by atoms with Gasteiger partial charge in [-0.2, -0.15) is 0 Å². The van der Waals surface area contributed by atoms with E-state index < -0.39 is 0 Å². The van der Waals surface area contributed by atoms with Crippen molar-refractivity contribution in [3.63, 3.8) is 0 Å². The summed E-state index contributed by atoms with van der Waals surface area (Å²) in [6, 6.07) is 16.4. The molecule has 1 heterocycles. The number of fused-ring (bicyclic) bond motifs is 1. The van der Waals surface area contributed by atoms with E-state index in [-0.39, 0.29) is 5.91 Å². The van der Waals surface area contributed by atoms with Crippen molar-refractivity contribution in [3.05, 3.63) is 65.2 Å². The Balaban J connectivity index is 1.82. The summed E-state index contributed by atoms with van der Waals surface area (Å²) in [4.78, 5) is 14.5. The van der Waals surface area contributed by atoms with Gasteiger partial charge in [0, 0.05) is 12.2 Å². The highest BCUT2D eigenvalue weighted by atomic mass is 16.2. The fraction of sp³-hybridized carbons (Fsp3) is 0.278. The van der Waals surface area contributed by atoms with E-state index in [1.807, 2.05) is 29.2 Å². The molecule has 0 aromatic heterocycles. The molecule has 0 saturated heterocycles. The normalized spacial score (nSPS) is 13.9. The first-order chi connectivity index (χ1) is 9.74. The smallest absolute Gasteiger partial charge is 0.231 e. The molecule has 0 bridgehead atoms. The summed E-state index contributed by atoms with van der Waals surface area (Å²) in [5.74, 6) is 0.197. The van der Waals surface area contributed by atoms with Gasteiger partial charge in [-0.05, 0) is 37.0 Å². The van der Waals surface area contributed by atoms with Gasteiger partial charge in [-0.1, -0.05) is 48.0 Å². The first kappa shape index (κ1) is 12.9. The van der Waals surface area contributed by atoms with Crippen molar-refractivity contribution >= 4 is 11.6 Å². The van der Waals surface area contributed by atoms with Gasteiger partial charge in [0.25, 0.3) is 0 Å². The number of para-hydroxylation sites is 1. The molecule has 0 radical (unpaired) electrons. The molecule has 2 heteroatoms. The Morgan fingerprint density at radius 2 is 2.00 bits per heavy atom. The Morgan fingerprint density at radius 1 is 1.15 bits per heavy atom. The van der Waals surface area contributed by atoms with E-state index in [4.69, 9.17) is 0 Å². The van der Waals surface area contributed by atoms with Gasteiger partial charge in [-0.25, -0.2) is 0 Å². The molecular weight excluding hydrogens is 246 g/mol. The number of aryl methyl sites for hydroxylation is 2. The highest BCUT2D eigenvalue weighted by Gasteiger charge is 2.21. The SMILES string of the molecule is Cc1cccc(CC(=O)N2CCCc3ccccc32)c1. The summed E-state index contributed by atoms with van der Waals surface area (Å²) in [6.45, 7) is 2.89. The van der Waals surface area contributed by atoms with Crippen LogP contribution < -0.4 is 4.90 Å². The van der Waals surface area contributed by atoms with Gasteiger partial charge in [0.1, 0.15) is 0 Å². The van der Waals surface area contributed by atoms with Crippen molar-refractivity contribution in [1.29, 1.82) is 0 Å². The molecule has 0 atom stereocenters. The second-order valence-electron chi connectivity index (χ2n) is 5.44. The Morgan fingerprint density at radius 3 is 2.85 bits per heavy atom. The van der Waals surface area contributed by atoms with E-state index >= 15 is 0 Å². The van der Waals surface area contributed by atoms with Crippen LogP contribution in [0.15, 0.2) is 48.5 Å². The van der Waals surface area contributed by atoms with E-state index in [0.29, 0.717) is 6.42 Å². The van der Waals surface area contributed by atoms with Gasteiger partial charge in [0.2, 0.25) is 5.91 Å². The molecule has 0 N–H and O–H groups in total. The molecule has 2 aromatic rings. The molecule has 2 nitrogen and oxygen atoms in total. The number of amides is 1. The number of nitrogens with zero attached hydrogens (tertiary/aromatic N) is 1. The van der Waals surface area contributed by atoms with Gasteiger partial charge in [-0.3, -0.25) is 4.79 Å². The fourth-order valence-electron chi connectivity index (χ4n) is 2.88. The maximum atomic E-state index is 12.6. The summed E-state index contributed by atoms with van der Waals surface area (Å²) in [5, 5.41) is 0. The predicted octanol–water partition coefficient (Wildman–Crippen LogP) is 3.52. The Labute approximate surface area is 120 Å². The van der Waals surface area contributed by atoms with Crippen molar-refractivity contribution in [2.24, 2.45) is 0 Å². The zero-order valence-corrected chi connectivity index (χ0v) is 11.8. The van der Waals surface area contributed by atoms with Gasteiger partial charge in [0.15, 0.2) is 0 Å². The van der Waals surface area contributed by atoms with Crippen LogP contribution >= 0.6 is 0 Å². The maximum Gasteiger partial charge on any atom is 0.231 e. The van der Waals surface area contributed by atoms with E-state index in [1.54, 1.807) is 0 Å². The number of hydrogen-bond acceptors (Lipinski definition) is 1. The summed E-state index contributed by atoms with van der Waals surface area (Å²) in [5.41, 5.74) is 4.68. The summed E-state index contributed by atoms with van der Waals surface area (Å²) < 4.78 is 0. The molecule has 1 aliphatic rings. The van der Waals surface area contributed by atoms with Gasteiger partial charge in [0.05, 0.1) is 6.42 Å². The summed E-state index contributed by atoms with van der Waals surface area (Å²) >= 11 is 0. The van der Waals surface area contributed by atoms with Crippen LogP contribution in [0.1, 0.15) is 23.1 Å². The monoisotopic (exact) mass is 265 g/mol. The predicted molar refractivity (Wildman–Crippen MR) is 82.0 cm³/mol. The van der Waals surface area contributed by atoms with Crippen LogP contribution in [0.2, 0.25) is 0 Å². The minimum absolute atomic E-state index is 0.197. The molecule has 2 aromatic carbocycles. The third-order valence-electron chi connectivity index (χ3n) is 3.85. The molecule has 20 heavy (non-hydrogen) atoms. The second-order valence-corrected chi connectivity index (χ2v) is 5.44. The van der Waals surface area contributed by atoms with Crippen LogP contribution in [0, 0.1) is 6.92 Å². The van der Waals surface area contributed by atoms with Crippen LogP contribution in [0.5, 0.6) is 0 Å². The van der Waals surface area contributed by atoms with E-state index in [2.05, 4.69) is 31.2 Å². The van der Waals surface area contributed by atoms with E-state index in [9.17, 15) is 4.79 Å². The average molecular weight is 265 g/mol. The lowest BCUT2D eigenvalue weighted by Gasteiger charge is -2.29. The quantitative estimate of drug-likeness (QED) is 0.813. The lowest BCUT2D eigenvalue weighted by Crippen LogP contribution is -2.36. The fourth-order valence-corrected chi connectivity index (χ4v) is 2.88. The number of hydrogen-bond donors (Lipinski definition) is 0. The zero-order valence-electron chi connectivity index (χ0n) is 11.8. The Bertz CT molecular complexity index is 633. The Hall–Kier alpha value is -2.09. The topological polar surface area (TPSA) is 20.3 Å². The summed E-state index contributed by atoms with van der Waals surface area (Å²) in [6.07, 6.45) is 2.61. The Kier molecular flexibility index (Phi) is 3.55. The van der Waals surface area contributed by atoms with Crippen LogP contribution in [0.4, 0.5) is 5.69 Å². The van der Waals surface area contributed by atoms with Crippen LogP contribution in [0.25, 0.3) is 0 Å². The van der Waals surface area contributed by atoms with Crippen molar-refractivity contribution in [2.45, 2.75) is 26.2 Å². The second kappa shape index (κ2) is 5.49. The third-order valence-corrected chi connectivity index (χ3v) is 3.85. The maximum absolute atomic E-state index is 12.6. The molecule has 0 spiro atoms. The molecule has 0 unspecified atom stereocenters. The molecule has 0 fully saturated rings.